The maximum atomic E-state index is 11.1. The van der Waals surface area contributed by atoms with E-state index in [4.69, 9.17) is 0 Å². The summed E-state index contributed by atoms with van der Waals surface area (Å²) in [6, 6.07) is 3.39. The zero-order valence-electron chi connectivity index (χ0n) is 7.82. The molecule has 74 valence electrons. The van der Waals surface area contributed by atoms with Crippen LogP contribution < -0.4 is 5.56 Å². The fourth-order valence-corrected chi connectivity index (χ4v) is 0.931. The number of ether oxygens (including phenoxy) is 1. The third kappa shape index (κ3) is 2.90. The molecule has 0 aliphatic carbocycles. The molecule has 0 fully saturated rings. The topological polar surface area (TPSA) is 59.2 Å². The fourth-order valence-electron chi connectivity index (χ4n) is 0.931. The van der Waals surface area contributed by atoms with Crippen molar-refractivity contribution < 1.29 is 9.53 Å². The van der Waals surface area contributed by atoms with Gasteiger partial charge in [-0.2, -0.15) is 0 Å². The first-order valence-electron chi connectivity index (χ1n) is 4.15. The lowest BCUT2D eigenvalue weighted by molar-refractivity contribution is -0.139. The Hall–Kier alpha value is -1.84. The van der Waals surface area contributed by atoms with Crippen LogP contribution in [0.25, 0.3) is 6.08 Å². The summed E-state index contributed by atoms with van der Waals surface area (Å²) < 4.78 is 4.44. The number of hydrogen-bond acceptors (Lipinski definition) is 3. The summed E-state index contributed by atoms with van der Waals surface area (Å²) in [5.74, 6) is -0.325. The van der Waals surface area contributed by atoms with Gasteiger partial charge in [-0.15, -0.1) is 0 Å². The highest BCUT2D eigenvalue weighted by molar-refractivity contribution is 5.72. The first kappa shape index (κ1) is 10.2. The molecule has 0 bridgehead atoms. The van der Waals surface area contributed by atoms with Gasteiger partial charge in [-0.1, -0.05) is 12.2 Å². The fraction of sp³-hybridized carbons (Fsp3) is 0.200. The van der Waals surface area contributed by atoms with Crippen LogP contribution in [0.5, 0.6) is 0 Å². The molecule has 0 unspecified atom stereocenters. The van der Waals surface area contributed by atoms with Crippen molar-refractivity contribution in [1.29, 1.82) is 0 Å². The van der Waals surface area contributed by atoms with E-state index in [2.05, 4.69) is 9.72 Å². The molecule has 1 aromatic heterocycles. The van der Waals surface area contributed by atoms with Gasteiger partial charge in [-0.25, -0.2) is 0 Å². The Morgan fingerprint density at radius 2 is 2.43 bits per heavy atom. The van der Waals surface area contributed by atoms with Gasteiger partial charge in [-0.3, -0.25) is 9.59 Å². The maximum Gasteiger partial charge on any atom is 0.309 e. The van der Waals surface area contributed by atoms with Crippen LogP contribution >= 0.6 is 0 Å². The van der Waals surface area contributed by atoms with Crippen molar-refractivity contribution in [1.82, 2.24) is 4.98 Å². The molecule has 0 saturated heterocycles. The van der Waals surface area contributed by atoms with Gasteiger partial charge in [0, 0.05) is 11.8 Å². The average molecular weight is 193 g/mol. The van der Waals surface area contributed by atoms with E-state index in [1.54, 1.807) is 30.5 Å². The largest absolute Gasteiger partial charge is 0.469 e. The smallest absolute Gasteiger partial charge is 0.309 e. The summed E-state index contributed by atoms with van der Waals surface area (Å²) in [5.41, 5.74) is 0.352. The molecule has 0 radical (unpaired) electrons. The van der Waals surface area contributed by atoms with Crippen molar-refractivity contribution in [3.8, 4) is 0 Å². The Labute approximate surface area is 81.2 Å². The van der Waals surface area contributed by atoms with E-state index in [1.807, 2.05) is 0 Å². The van der Waals surface area contributed by atoms with Crippen molar-refractivity contribution in [2.24, 2.45) is 0 Å². The van der Waals surface area contributed by atoms with Crippen LogP contribution in [0.1, 0.15) is 12.0 Å². The maximum absolute atomic E-state index is 11.1. The van der Waals surface area contributed by atoms with Crippen molar-refractivity contribution in [2.75, 3.05) is 7.11 Å². The van der Waals surface area contributed by atoms with Gasteiger partial charge in [0.2, 0.25) is 0 Å². The first-order valence-corrected chi connectivity index (χ1v) is 4.15. The monoisotopic (exact) mass is 193 g/mol. The van der Waals surface area contributed by atoms with Crippen LogP contribution in [0, 0.1) is 0 Å². The number of hydrogen-bond donors (Lipinski definition) is 1. The number of nitrogens with one attached hydrogen (secondary N) is 1. The molecule has 14 heavy (non-hydrogen) atoms. The molecule has 4 heteroatoms. The predicted molar refractivity (Wildman–Crippen MR) is 52.7 cm³/mol. The van der Waals surface area contributed by atoms with Crippen molar-refractivity contribution in [3.63, 3.8) is 0 Å². The van der Waals surface area contributed by atoms with Crippen molar-refractivity contribution >= 4 is 12.0 Å². The summed E-state index contributed by atoms with van der Waals surface area (Å²) in [6.45, 7) is 0. The predicted octanol–water partition coefficient (Wildman–Crippen LogP) is 0.951. The minimum Gasteiger partial charge on any atom is -0.469 e. The third-order valence-electron chi connectivity index (χ3n) is 1.66. The number of methoxy groups -OCH3 is 1. The highest BCUT2D eigenvalue weighted by atomic mass is 16.5. The highest BCUT2D eigenvalue weighted by Crippen LogP contribution is 1.95. The van der Waals surface area contributed by atoms with E-state index in [-0.39, 0.29) is 17.9 Å². The second kappa shape index (κ2) is 5.01. The molecule has 0 aliphatic rings. The first-order chi connectivity index (χ1) is 6.74. The van der Waals surface area contributed by atoms with Crippen LogP contribution in [0.15, 0.2) is 29.2 Å². The number of carbonyl (C=O) groups excluding carboxylic acids is 1. The minimum atomic E-state index is -0.325. The lowest BCUT2D eigenvalue weighted by atomic mass is 10.2. The summed E-state index contributed by atoms with van der Waals surface area (Å²) in [7, 11) is 1.32. The van der Waals surface area contributed by atoms with Crippen molar-refractivity contribution in [2.45, 2.75) is 6.42 Å². The average Bonchev–Trinajstić information content (AvgIpc) is 2.20. The Balaban J connectivity index is 2.65. The number of rotatable bonds is 3. The molecular formula is C10H11NO3. The number of carbonyl (C=O) groups is 1. The van der Waals surface area contributed by atoms with Crippen molar-refractivity contribution in [3.05, 3.63) is 40.3 Å². The molecule has 4 nitrogen and oxygen atoms in total. The van der Waals surface area contributed by atoms with Gasteiger partial charge in [0.1, 0.15) is 0 Å². The summed E-state index contributed by atoms with van der Waals surface area (Å²) in [5, 5.41) is 0. The van der Waals surface area contributed by atoms with Gasteiger partial charge in [0.25, 0.3) is 5.56 Å². The van der Waals surface area contributed by atoms with Gasteiger partial charge in [0.15, 0.2) is 0 Å². The van der Waals surface area contributed by atoms with Crippen LogP contribution in [0.3, 0.4) is 0 Å². The van der Waals surface area contributed by atoms with Gasteiger partial charge in [-0.05, 0) is 12.1 Å². The molecule has 1 N–H and O–H groups in total. The zero-order chi connectivity index (χ0) is 10.4. The summed E-state index contributed by atoms with van der Waals surface area (Å²) in [6.07, 6.45) is 4.91. The number of H-pyrrole nitrogens is 1. The lowest BCUT2D eigenvalue weighted by Gasteiger charge is -1.92. The number of esters is 1. The molecule has 1 rings (SSSR count). The van der Waals surface area contributed by atoms with E-state index >= 15 is 0 Å². The van der Waals surface area contributed by atoms with Gasteiger partial charge in [0.05, 0.1) is 13.5 Å². The molecule has 1 heterocycles. The highest BCUT2D eigenvalue weighted by Gasteiger charge is 1.95. The minimum absolute atomic E-state index is 0.171. The van der Waals surface area contributed by atoms with Crippen LogP contribution in [-0.4, -0.2) is 18.1 Å². The van der Waals surface area contributed by atoms with E-state index < -0.39 is 0 Å². The number of pyridine rings is 1. The van der Waals surface area contributed by atoms with E-state index in [9.17, 15) is 9.59 Å². The zero-order valence-corrected chi connectivity index (χ0v) is 7.82. The molecule has 0 atom stereocenters. The van der Waals surface area contributed by atoms with Crippen LogP contribution in [-0.2, 0) is 9.53 Å². The van der Waals surface area contributed by atoms with E-state index in [0.717, 1.165) is 0 Å². The molecule has 0 amide bonds. The lowest BCUT2D eigenvalue weighted by Crippen LogP contribution is -2.06. The van der Waals surface area contributed by atoms with E-state index in [1.165, 1.54) is 7.11 Å². The second-order valence-corrected chi connectivity index (χ2v) is 2.64. The number of aromatic amines is 1. The second-order valence-electron chi connectivity index (χ2n) is 2.64. The van der Waals surface area contributed by atoms with E-state index in [0.29, 0.717) is 5.56 Å². The number of aromatic nitrogens is 1. The molecule has 1 aromatic rings. The standard InChI is InChI=1S/C10H11NO3/c1-14-9(12)6-2-4-8-5-3-7-11-10(8)13/h2-5,7H,6H2,1H3,(H,11,13). The molecule has 0 spiro atoms. The summed E-state index contributed by atoms with van der Waals surface area (Å²) >= 11 is 0. The van der Waals surface area contributed by atoms with Crippen LogP contribution in [0.4, 0.5) is 0 Å². The van der Waals surface area contributed by atoms with Crippen LogP contribution in [0.2, 0.25) is 0 Å². The molecule has 0 aromatic carbocycles. The Morgan fingerprint density at radius 1 is 1.64 bits per heavy atom. The molecular weight excluding hydrogens is 182 g/mol. The normalized spacial score (nSPS) is 10.4. The quantitative estimate of drug-likeness (QED) is 0.727. The Morgan fingerprint density at radius 3 is 3.07 bits per heavy atom. The Bertz CT molecular complexity index is 392. The third-order valence-corrected chi connectivity index (χ3v) is 1.66. The summed E-state index contributed by atoms with van der Waals surface area (Å²) in [4.78, 5) is 24.4. The molecule has 0 aliphatic heterocycles. The SMILES string of the molecule is COC(=O)CC=Cc1ccc[nH]c1=O. The van der Waals surface area contributed by atoms with Gasteiger partial charge < -0.3 is 9.72 Å². The van der Waals surface area contributed by atoms with Gasteiger partial charge >= 0.3 is 5.97 Å². The Kier molecular flexibility index (Phi) is 3.67. The molecule has 0 saturated carbocycles.